The molecule has 1 aromatic rings. The maximum atomic E-state index is 11.8. The first-order valence-electron chi connectivity index (χ1n) is 6.02. The molecule has 1 fully saturated rings. The highest BCUT2D eigenvalue weighted by Crippen LogP contribution is 2.35. The molecule has 0 aromatic heterocycles. The lowest BCUT2D eigenvalue weighted by Gasteiger charge is -2.20. The average Bonchev–Trinajstić information content (AvgIpc) is 2.79. The van der Waals surface area contributed by atoms with Crippen LogP contribution >= 0.6 is 0 Å². The van der Waals surface area contributed by atoms with Gasteiger partial charge in [0.05, 0.1) is 24.7 Å². The first-order chi connectivity index (χ1) is 9.28. The molecule has 1 atom stereocenters. The van der Waals surface area contributed by atoms with E-state index in [0.717, 1.165) is 0 Å². The highest BCUT2D eigenvalue weighted by Gasteiger charge is 2.32. The van der Waals surface area contributed by atoms with Crippen LogP contribution in [-0.4, -0.2) is 32.0 Å². The normalized spacial score (nSPS) is 20.9. The third-order valence-electron chi connectivity index (χ3n) is 3.03. The summed E-state index contributed by atoms with van der Waals surface area (Å²) in [5.41, 5.74) is 0.690. The smallest absolute Gasteiger partial charge is 0.414 e. The van der Waals surface area contributed by atoms with Crippen LogP contribution in [0.3, 0.4) is 0 Å². The molecule has 2 aliphatic heterocycles. The summed E-state index contributed by atoms with van der Waals surface area (Å²) in [5.74, 6) is 1.30. The van der Waals surface area contributed by atoms with Gasteiger partial charge >= 0.3 is 6.09 Å². The van der Waals surface area contributed by atoms with Crippen LogP contribution in [0.25, 0.3) is 0 Å². The van der Waals surface area contributed by atoms with Gasteiger partial charge in [0.15, 0.2) is 11.5 Å². The molecule has 2 heterocycles. The third kappa shape index (κ3) is 2.15. The molecule has 98 valence electrons. The van der Waals surface area contributed by atoms with Crippen molar-refractivity contribution in [2.24, 2.45) is 0 Å². The lowest BCUT2D eigenvalue weighted by atomic mass is 10.2. The standard InChI is InChI=1S/C13H12N2O4/c14-4-3-10-8-15(13(16)19-10)9-1-2-11-12(7-9)18-6-5-17-11/h1-2,7,10H,3,5-6,8H2. The van der Waals surface area contributed by atoms with Crippen molar-refractivity contribution in [3.63, 3.8) is 0 Å². The number of carbonyl (C=O) groups is 1. The van der Waals surface area contributed by atoms with Crippen molar-refractivity contribution in [2.75, 3.05) is 24.7 Å². The molecule has 2 aliphatic rings. The molecule has 1 saturated heterocycles. The van der Waals surface area contributed by atoms with Crippen LogP contribution < -0.4 is 14.4 Å². The second kappa shape index (κ2) is 4.69. The summed E-state index contributed by atoms with van der Waals surface area (Å²) >= 11 is 0. The number of nitrogens with zero attached hydrogens (tertiary/aromatic N) is 2. The SMILES string of the molecule is N#CCC1CN(c2ccc3c(c2)OCCO3)C(=O)O1. The van der Waals surface area contributed by atoms with E-state index < -0.39 is 6.09 Å². The second-order valence-corrected chi connectivity index (χ2v) is 4.31. The number of hydrogen-bond acceptors (Lipinski definition) is 5. The number of ether oxygens (including phenoxy) is 3. The van der Waals surface area contributed by atoms with Gasteiger partial charge in [-0.3, -0.25) is 4.90 Å². The Balaban J connectivity index is 1.83. The third-order valence-corrected chi connectivity index (χ3v) is 3.03. The minimum atomic E-state index is -0.433. The number of carbonyl (C=O) groups excluding carboxylic acids is 1. The van der Waals surface area contributed by atoms with Crippen LogP contribution in [0.15, 0.2) is 18.2 Å². The van der Waals surface area contributed by atoms with Gasteiger partial charge in [0.1, 0.15) is 19.3 Å². The summed E-state index contributed by atoms with van der Waals surface area (Å²) in [7, 11) is 0. The van der Waals surface area contributed by atoms with E-state index in [1.165, 1.54) is 4.90 Å². The fourth-order valence-corrected chi connectivity index (χ4v) is 2.14. The van der Waals surface area contributed by atoms with Crippen molar-refractivity contribution < 1.29 is 19.0 Å². The van der Waals surface area contributed by atoms with Gasteiger partial charge in [0.25, 0.3) is 0 Å². The van der Waals surface area contributed by atoms with E-state index >= 15 is 0 Å². The highest BCUT2D eigenvalue weighted by atomic mass is 16.6. The molecule has 0 spiro atoms. The maximum absolute atomic E-state index is 11.8. The summed E-state index contributed by atoms with van der Waals surface area (Å²) in [5, 5.41) is 8.63. The largest absolute Gasteiger partial charge is 0.486 e. The van der Waals surface area contributed by atoms with Crippen molar-refractivity contribution in [3.8, 4) is 17.6 Å². The van der Waals surface area contributed by atoms with Crippen LogP contribution in [0.2, 0.25) is 0 Å². The monoisotopic (exact) mass is 260 g/mol. The van der Waals surface area contributed by atoms with Crippen LogP contribution in [0, 0.1) is 11.3 Å². The molecule has 0 N–H and O–H groups in total. The Labute approximate surface area is 110 Å². The zero-order valence-corrected chi connectivity index (χ0v) is 10.2. The number of benzene rings is 1. The Morgan fingerprint density at radius 3 is 2.89 bits per heavy atom. The minimum absolute atomic E-state index is 0.201. The molecular formula is C13H12N2O4. The van der Waals surface area contributed by atoms with Gasteiger partial charge in [-0.15, -0.1) is 0 Å². The topological polar surface area (TPSA) is 71.8 Å². The number of cyclic esters (lactones) is 1. The van der Waals surface area contributed by atoms with E-state index in [9.17, 15) is 4.79 Å². The molecule has 0 saturated carbocycles. The lowest BCUT2D eigenvalue weighted by Crippen LogP contribution is -2.25. The molecule has 1 unspecified atom stereocenters. The minimum Gasteiger partial charge on any atom is -0.486 e. The summed E-state index contributed by atoms with van der Waals surface area (Å²) in [6.07, 6.45) is -0.602. The summed E-state index contributed by atoms with van der Waals surface area (Å²) in [6, 6.07) is 7.31. The predicted octanol–water partition coefficient (Wildman–Crippen LogP) is 1.70. The van der Waals surface area contributed by atoms with Gasteiger partial charge in [0.2, 0.25) is 0 Å². The molecule has 3 rings (SSSR count). The number of amides is 1. The van der Waals surface area contributed by atoms with Crippen LogP contribution in [-0.2, 0) is 4.74 Å². The molecular weight excluding hydrogens is 248 g/mol. The van der Waals surface area contributed by atoms with Gasteiger partial charge in [-0.25, -0.2) is 4.79 Å². The van der Waals surface area contributed by atoms with Gasteiger partial charge in [-0.1, -0.05) is 0 Å². The Bertz CT molecular complexity index is 552. The Hall–Kier alpha value is -2.42. The lowest BCUT2D eigenvalue weighted by molar-refractivity contribution is 0.143. The molecule has 1 aromatic carbocycles. The van der Waals surface area contributed by atoms with Crippen molar-refractivity contribution in [1.82, 2.24) is 0 Å². The van der Waals surface area contributed by atoms with Gasteiger partial charge in [-0.05, 0) is 12.1 Å². The van der Waals surface area contributed by atoms with Crippen LogP contribution in [0.5, 0.6) is 11.5 Å². The molecule has 19 heavy (non-hydrogen) atoms. The Kier molecular flexibility index (Phi) is 2.88. The van der Waals surface area contributed by atoms with Crippen LogP contribution in [0.1, 0.15) is 6.42 Å². The first-order valence-corrected chi connectivity index (χ1v) is 6.02. The summed E-state index contributed by atoms with van der Waals surface area (Å²) in [6.45, 7) is 1.41. The van der Waals surface area contributed by atoms with E-state index in [4.69, 9.17) is 19.5 Å². The predicted molar refractivity (Wildman–Crippen MR) is 65.3 cm³/mol. The number of hydrogen-bond donors (Lipinski definition) is 0. The number of nitriles is 1. The van der Waals surface area contributed by atoms with Gasteiger partial charge in [-0.2, -0.15) is 5.26 Å². The number of rotatable bonds is 2. The van der Waals surface area contributed by atoms with Gasteiger partial charge < -0.3 is 14.2 Å². The zero-order chi connectivity index (χ0) is 13.2. The van der Waals surface area contributed by atoms with Crippen molar-refractivity contribution in [1.29, 1.82) is 5.26 Å². The second-order valence-electron chi connectivity index (χ2n) is 4.31. The van der Waals surface area contributed by atoms with E-state index in [0.29, 0.717) is 36.9 Å². The van der Waals surface area contributed by atoms with E-state index in [1.807, 2.05) is 6.07 Å². The Morgan fingerprint density at radius 1 is 1.32 bits per heavy atom. The fourth-order valence-electron chi connectivity index (χ4n) is 2.14. The number of anilines is 1. The fraction of sp³-hybridized carbons (Fsp3) is 0.385. The first kappa shape index (κ1) is 11.7. The molecule has 6 nitrogen and oxygen atoms in total. The van der Waals surface area contributed by atoms with Gasteiger partial charge in [0, 0.05) is 6.07 Å². The molecule has 0 radical (unpaired) electrons. The summed E-state index contributed by atoms with van der Waals surface area (Å²) < 4.78 is 16.0. The van der Waals surface area contributed by atoms with E-state index in [-0.39, 0.29) is 12.5 Å². The molecule has 0 aliphatic carbocycles. The van der Waals surface area contributed by atoms with Crippen LogP contribution in [0.4, 0.5) is 10.5 Å². The Morgan fingerprint density at radius 2 is 2.11 bits per heavy atom. The summed E-state index contributed by atoms with van der Waals surface area (Å²) in [4.78, 5) is 13.3. The van der Waals surface area contributed by atoms with E-state index in [2.05, 4.69) is 0 Å². The molecule has 0 bridgehead atoms. The van der Waals surface area contributed by atoms with Crippen molar-refractivity contribution >= 4 is 11.8 Å². The van der Waals surface area contributed by atoms with E-state index in [1.54, 1.807) is 18.2 Å². The average molecular weight is 260 g/mol. The van der Waals surface area contributed by atoms with Crippen molar-refractivity contribution in [3.05, 3.63) is 18.2 Å². The number of fused-ring (bicyclic) bond motifs is 1. The molecule has 1 amide bonds. The molecule has 6 heteroatoms. The maximum Gasteiger partial charge on any atom is 0.414 e. The highest BCUT2D eigenvalue weighted by molar-refractivity contribution is 5.90. The zero-order valence-electron chi connectivity index (χ0n) is 10.2. The van der Waals surface area contributed by atoms with Crippen molar-refractivity contribution in [2.45, 2.75) is 12.5 Å². The quantitative estimate of drug-likeness (QED) is 0.809.